The van der Waals surface area contributed by atoms with Gasteiger partial charge in [-0.2, -0.15) is 0 Å². The highest BCUT2D eigenvalue weighted by atomic mass is 16.5. The van der Waals surface area contributed by atoms with Crippen LogP contribution in [0, 0.1) is 6.92 Å². The van der Waals surface area contributed by atoms with Gasteiger partial charge in [-0.25, -0.2) is 0 Å². The average Bonchev–Trinajstić information content (AvgIpc) is 2.52. The number of hydrogen-bond donors (Lipinski definition) is 0. The van der Waals surface area contributed by atoms with Crippen molar-refractivity contribution in [3.8, 4) is 5.75 Å². The lowest BCUT2D eigenvalue weighted by atomic mass is 10.2. The SMILES string of the molecule is Cc1cccc(OCC(=O)N2CCN(C(=O)CC(=O)[O-])CC2)c1. The third-order valence-corrected chi connectivity index (χ3v) is 3.63. The van der Waals surface area contributed by atoms with Crippen molar-refractivity contribution < 1.29 is 24.2 Å². The van der Waals surface area contributed by atoms with E-state index in [1.54, 1.807) is 11.0 Å². The second-order valence-electron chi connectivity index (χ2n) is 5.42. The van der Waals surface area contributed by atoms with Crippen molar-refractivity contribution in [1.29, 1.82) is 0 Å². The van der Waals surface area contributed by atoms with Crippen LogP contribution in [-0.2, 0) is 14.4 Å². The number of aryl methyl sites for hydroxylation is 1. The second kappa shape index (κ2) is 7.62. The van der Waals surface area contributed by atoms with Crippen LogP contribution in [0.15, 0.2) is 24.3 Å². The number of rotatable bonds is 5. The first kappa shape index (κ1) is 16.8. The van der Waals surface area contributed by atoms with Gasteiger partial charge >= 0.3 is 0 Å². The van der Waals surface area contributed by atoms with E-state index in [2.05, 4.69) is 0 Å². The molecule has 0 aliphatic carbocycles. The molecule has 0 spiro atoms. The Morgan fingerprint density at radius 3 is 2.26 bits per heavy atom. The molecule has 2 amide bonds. The summed E-state index contributed by atoms with van der Waals surface area (Å²) in [6.45, 7) is 3.27. The van der Waals surface area contributed by atoms with Gasteiger partial charge in [0.05, 0.1) is 12.4 Å². The topological polar surface area (TPSA) is 90.0 Å². The van der Waals surface area contributed by atoms with Gasteiger partial charge in [-0.15, -0.1) is 0 Å². The standard InChI is InChI=1S/C16H20N2O5/c1-12-3-2-4-13(9-12)23-11-15(20)18-7-5-17(6-8-18)14(19)10-16(21)22/h2-4,9H,5-8,10-11H2,1H3,(H,21,22)/p-1. The summed E-state index contributed by atoms with van der Waals surface area (Å²) in [6, 6.07) is 7.44. The molecule has 1 aromatic rings. The highest BCUT2D eigenvalue weighted by Gasteiger charge is 2.24. The highest BCUT2D eigenvalue weighted by molar-refractivity contribution is 5.92. The number of piperazine rings is 1. The first-order chi connectivity index (χ1) is 11.0. The van der Waals surface area contributed by atoms with Crippen LogP contribution in [-0.4, -0.2) is 60.4 Å². The molecule has 1 fully saturated rings. The molecule has 0 N–H and O–H groups in total. The van der Waals surface area contributed by atoms with Gasteiger partial charge in [-0.3, -0.25) is 9.59 Å². The van der Waals surface area contributed by atoms with E-state index < -0.39 is 18.3 Å². The Labute approximate surface area is 134 Å². The summed E-state index contributed by atoms with van der Waals surface area (Å²) in [4.78, 5) is 37.2. The van der Waals surface area contributed by atoms with E-state index >= 15 is 0 Å². The lowest BCUT2D eigenvalue weighted by Crippen LogP contribution is -2.52. The van der Waals surface area contributed by atoms with E-state index in [0.29, 0.717) is 31.9 Å². The number of aliphatic carboxylic acids is 1. The molecule has 23 heavy (non-hydrogen) atoms. The fourth-order valence-electron chi connectivity index (χ4n) is 2.38. The molecule has 124 valence electrons. The van der Waals surface area contributed by atoms with Crippen LogP contribution in [0.3, 0.4) is 0 Å². The van der Waals surface area contributed by atoms with Crippen LogP contribution in [0.5, 0.6) is 5.75 Å². The molecule has 0 aromatic heterocycles. The molecule has 1 aliphatic rings. The van der Waals surface area contributed by atoms with Crippen molar-refractivity contribution in [3.63, 3.8) is 0 Å². The largest absolute Gasteiger partial charge is 0.550 e. The summed E-state index contributed by atoms with van der Waals surface area (Å²) in [5.74, 6) is -1.38. The second-order valence-corrected chi connectivity index (χ2v) is 5.42. The summed E-state index contributed by atoms with van der Waals surface area (Å²) >= 11 is 0. The minimum absolute atomic E-state index is 0.0591. The monoisotopic (exact) mass is 319 g/mol. The van der Waals surface area contributed by atoms with Crippen molar-refractivity contribution in [2.24, 2.45) is 0 Å². The van der Waals surface area contributed by atoms with Crippen LogP contribution < -0.4 is 9.84 Å². The minimum Gasteiger partial charge on any atom is -0.550 e. The third-order valence-electron chi connectivity index (χ3n) is 3.63. The molecule has 1 aliphatic heterocycles. The zero-order valence-corrected chi connectivity index (χ0v) is 13.0. The Bertz CT molecular complexity index is 594. The molecule has 1 saturated heterocycles. The lowest BCUT2D eigenvalue weighted by molar-refractivity contribution is -0.304. The third kappa shape index (κ3) is 4.98. The van der Waals surface area contributed by atoms with E-state index in [0.717, 1.165) is 5.56 Å². The maximum absolute atomic E-state index is 12.1. The number of carbonyl (C=O) groups is 3. The van der Waals surface area contributed by atoms with E-state index in [4.69, 9.17) is 4.74 Å². The quantitative estimate of drug-likeness (QED) is 0.662. The fourth-order valence-corrected chi connectivity index (χ4v) is 2.38. The zero-order chi connectivity index (χ0) is 16.8. The van der Waals surface area contributed by atoms with Crippen LogP contribution in [0.4, 0.5) is 0 Å². The Kier molecular flexibility index (Phi) is 5.56. The molecule has 1 heterocycles. The molecular weight excluding hydrogens is 300 g/mol. The number of carboxylic acid groups (broad SMARTS) is 1. The van der Waals surface area contributed by atoms with Gasteiger partial charge in [0.15, 0.2) is 6.61 Å². The van der Waals surface area contributed by atoms with Gasteiger partial charge < -0.3 is 24.4 Å². The molecule has 7 nitrogen and oxygen atoms in total. The number of benzene rings is 1. The summed E-state index contributed by atoms with van der Waals surface area (Å²) in [5.41, 5.74) is 1.05. The summed E-state index contributed by atoms with van der Waals surface area (Å²) in [6.07, 6.45) is -0.621. The number of amides is 2. The maximum atomic E-state index is 12.1. The summed E-state index contributed by atoms with van der Waals surface area (Å²) < 4.78 is 5.47. The number of ether oxygens (including phenoxy) is 1. The molecule has 7 heteroatoms. The predicted molar refractivity (Wildman–Crippen MR) is 79.5 cm³/mol. The predicted octanol–water partition coefficient (Wildman–Crippen LogP) is -0.815. The average molecular weight is 319 g/mol. The fraction of sp³-hybridized carbons (Fsp3) is 0.438. The Balaban J connectivity index is 1.77. The molecular formula is C16H19N2O5-. The number of hydrogen-bond acceptors (Lipinski definition) is 5. The number of nitrogens with zero attached hydrogens (tertiary/aromatic N) is 2. The minimum atomic E-state index is -1.39. The van der Waals surface area contributed by atoms with Gasteiger partial charge in [0, 0.05) is 26.2 Å². The molecule has 0 saturated carbocycles. The molecule has 0 radical (unpaired) electrons. The van der Waals surface area contributed by atoms with E-state index in [1.165, 1.54) is 4.90 Å². The highest BCUT2D eigenvalue weighted by Crippen LogP contribution is 2.12. The van der Waals surface area contributed by atoms with Crippen LogP contribution in [0.2, 0.25) is 0 Å². The van der Waals surface area contributed by atoms with Gasteiger partial charge in [0.25, 0.3) is 5.91 Å². The van der Waals surface area contributed by atoms with Crippen LogP contribution >= 0.6 is 0 Å². The molecule has 0 unspecified atom stereocenters. The van der Waals surface area contributed by atoms with Gasteiger partial charge in [-0.05, 0) is 24.6 Å². The Hall–Kier alpha value is -2.57. The number of carboxylic acids is 1. The first-order valence-electron chi connectivity index (χ1n) is 7.40. The van der Waals surface area contributed by atoms with E-state index in [9.17, 15) is 19.5 Å². The van der Waals surface area contributed by atoms with Crippen molar-refractivity contribution in [3.05, 3.63) is 29.8 Å². The van der Waals surface area contributed by atoms with E-state index in [1.807, 2.05) is 25.1 Å². The van der Waals surface area contributed by atoms with Crippen molar-refractivity contribution in [2.75, 3.05) is 32.8 Å². The van der Waals surface area contributed by atoms with Crippen LogP contribution in [0.25, 0.3) is 0 Å². The maximum Gasteiger partial charge on any atom is 0.260 e. The normalized spacial score (nSPS) is 14.5. The van der Waals surface area contributed by atoms with Crippen LogP contribution in [0.1, 0.15) is 12.0 Å². The smallest absolute Gasteiger partial charge is 0.260 e. The lowest BCUT2D eigenvalue weighted by Gasteiger charge is -2.34. The van der Waals surface area contributed by atoms with Crippen molar-refractivity contribution in [1.82, 2.24) is 9.80 Å². The Morgan fingerprint density at radius 1 is 1.09 bits per heavy atom. The van der Waals surface area contributed by atoms with Crippen molar-refractivity contribution >= 4 is 17.8 Å². The van der Waals surface area contributed by atoms with Crippen molar-refractivity contribution in [2.45, 2.75) is 13.3 Å². The molecule has 0 bridgehead atoms. The summed E-state index contributed by atoms with van der Waals surface area (Å²) in [5, 5.41) is 10.4. The van der Waals surface area contributed by atoms with Gasteiger partial charge in [-0.1, -0.05) is 12.1 Å². The van der Waals surface area contributed by atoms with Gasteiger partial charge in [0.1, 0.15) is 5.75 Å². The van der Waals surface area contributed by atoms with Gasteiger partial charge in [0.2, 0.25) is 5.91 Å². The summed E-state index contributed by atoms with van der Waals surface area (Å²) in [7, 11) is 0. The zero-order valence-electron chi connectivity index (χ0n) is 13.0. The molecule has 2 rings (SSSR count). The molecule has 1 aromatic carbocycles. The Morgan fingerprint density at radius 2 is 1.70 bits per heavy atom. The number of carbonyl (C=O) groups excluding carboxylic acids is 3. The molecule has 0 atom stereocenters. The first-order valence-corrected chi connectivity index (χ1v) is 7.40. The van der Waals surface area contributed by atoms with E-state index in [-0.39, 0.29) is 12.5 Å².